The maximum absolute atomic E-state index is 11.4. The summed E-state index contributed by atoms with van der Waals surface area (Å²) < 4.78 is 4.79. The average molecular weight is 280 g/mol. The predicted octanol–water partition coefficient (Wildman–Crippen LogP) is 0.938. The van der Waals surface area contributed by atoms with Crippen molar-refractivity contribution in [3.8, 4) is 0 Å². The van der Waals surface area contributed by atoms with E-state index >= 15 is 0 Å². The molecule has 110 valence electrons. The van der Waals surface area contributed by atoms with E-state index in [1.165, 1.54) is 11.1 Å². The van der Waals surface area contributed by atoms with Gasteiger partial charge in [0, 0.05) is 13.1 Å². The molecule has 0 heterocycles. The standard InChI is InChI=1S/C14H20N2O4/c1-11-3-2-4-12(9-11)5-6-15-14(19)16-7-8-20-10-13(17)18/h2-4,9H,5-8,10H2,1H3,(H,17,18)(H2,15,16,19). The molecule has 0 aliphatic rings. The van der Waals surface area contributed by atoms with Crippen LogP contribution in [0.15, 0.2) is 24.3 Å². The van der Waals surface area contributed by atoms with Crippen LogP contribution < -0.4 is 10.6 Å². The van der Waals surface area contributed by atoms with Crippen molar-refractivity contribution < 1.29 is 19.4 Å². The number of aliphatic carboxylic acids is 1. The monoisotopic (exact) mass is 280 g/mol. The molecule has 0 saturated heterocycles. The van der Waals surface area contributed by atoms with Crippen LogP contribution in [0.2, 0.25) is 0 Å². The van der Waals surface area contributed by atoms with Crippen molar-refractivity contribution in [1.29, 1.82) is 0 Å². The highest BCUT2D eigenvalue weighted by molar-refractivity contribution is 5.73. The highest BCUT2D eigenvalue weighted by Gasteiger charge is 2.00. The molecule has 0 bridgehead atoms. The van der Waals surface area contributed by atoms with Gasteiger partial charge in [-0.1, -0.05) is 29.8 Å². The first kappa shape index (κ1) is 16.0. The summed E-state index contributed by atoms with van der Waals surface area (Å²) in [5.41, 5.74) is 2.37. The minimum atomic E-state index is -1.02. The van der Waals surface area contributed by atoms with E-state index in [9.17, 15) is 9.59 Å². The summed E-state index contributed by atoms with van der Waals surface area (Å²) >= 11 is 0. The molecule has 3 N–H and O–H groups in total. The second-order valence-corrected chi connectivity index (χ2v) is 4.37. The molecule has 0 saturated carbocycles. The Bertz CT molecular complexity index is 449. The van der Waals surface area contributed by atoms with Crippen LogP contribution in [0, 0.1) is 6.92 Å². The Kier molecular flexibility index (Phi) is 7.13. The zero-order chi connectivity index (χ0) is 14.8. The minimum absolute atomic E-state index is 0.178. The summed E-state index contributed by atoms with van der Waals surface area (Å²) in [6, 6.07) is 7.84. The van der Waals surface area contributed by atoms with Gasteiger partial charge in [0.2, 0.25) is 0 Å². The van der Waals surface area contributed by atoms with Gasteiger partial charge in [-0.05, 0) is 18.9 Å². The summed E-state index contributed by atoms with van der Waals surface area (Å²) in [6.45, 7) is 2.68. The second-order valence-electron chi connectivity index (χ2n) is 4.37. The Morgan fingerprint density at radius 3 is 2.70 bits per heavy atom. The highest BCUT2D eigenvalue weighted by atomic mass is 16.5. The minimum Gasteiger partial charge on any atom is -0.480 e. The maximum Gasteiger partial charge on any atom is 0.329 e. The molecule has 1 aromatic rings. The van der Waals surface area contributed by atoms with Crippen LogP contribution in [0.1, 0.15) is 11.1 Å². The molecule has 0 radical (unpaired) electrons. The van der Waals surface area contributed by atoms with Crippen molar-refractivity contribution in [1.82, 2.24) is 10.6 Å². The van der Waals surface area contributed by atoms with Crippen molar-refractivity contribution in [3.63, 3.8) is 0 Å². The fourth-order valence-corrected chi connectivity index (χ4v) is 1.65. The molecular formula is C14H20N2O4. The third-order valence-corrected chi connectivity index (χ3v) is 2.54. The number of rotatable bonds is 8. The molecule has 2 amide bonds. The van der Waals surface area contributed by atoms with Crippen LogP contribution in [0.3, 0.4) is 0 Å². The van der Waals surface area contributed by atoms with Crippen LogP contribution in [0.25, 0.3) is 0 Å². The molecule has 0 aromatic heterocycles. The molecule has 0 spiro atoms. The van der Waals surface area contributed by atoms with Gasteiger partial charge in [-0.2, -0.15) is 0 Å². The number of carbonyl (C=O) groups excluding carboxylic acids is 1. The number of carbonyl (C=O) groups is 2. The van der Waals surface area contributed by atoms with E-state index in [0.717, 1.165) is 6.42 Å². The van der Waals surface area contributed by atoms with Crippen LogP contribution >= 0.6 is 0 Å². The smallest absolute Gasteiger partial charge is 0.329 e. The molecule has 0 fully saturated rings. The van der Waals surface area contributed by atoms with Crippen LogP contribution in [0.4, 0.5) is 4.79 Å². The number of urea groups is 1. The van der Waals surface area contributed by atoms with E-state index < -0.39 is 5.97 Å². The number of amides is 2. The fourth-order valence-electron chi connectivity index (χ4n) is 1.65. The van der Waals surface area contributed by atoms with Gasteiger partial charge in [-0.25, -0.2) is 9.59 Å². The van der Waals surface area contributed by atoms with Gasteiger partial charge in [-0.15, -0.1) is 0 Å². The first-order valence-electron chi connectivity index (χ1n) is 6.44. The van der Waals surface area contributed by atoms with Gasteiger partial charge in [0.25, 0.3) is 0 Å². The lowest BCUT2D eigenvalue weighted by Gasteiger charge is -2.08. The number of hydrogen-bond acceptors (Lipinski definition) is 3. The normalized spacial score (nSPS) is 10.1. The van der Waals surface area contributed by atoms with Crippen molar-refractivity contribution >= 4 is 12.0 Å². The number of aryl methyl sites for hydroxylation is 1. The van der Waals surface area contributed by atoms with Crippen LogP contribution in [0.5, 0.6) is 0 Å². The van der Waals surface area contributed by atoms with Crippen molar-refractivity contribution in [2.45, 2.75) is 13.3 Å². The number of nitrogens with one attached hydrogen (secondary N) is 2. The van der Waals surface area contributed by atoms with Crippen LogP contribution in [-0.2, 0) is 16.0 Å². The van der Waals surface area contributed by atoms with Gasteiger partial charge in [-0.3, -0.25) is 0 Å². The highest BCUT2D eigenvalue weighted by Crippen LogP contribution is 2.03. The SMILES string of the molecule is Cc1cccc(CCNC(=O)NCCOCC(=O)O)c1. The van der Waals surface area contributed by atoms with Gasteiger partial charge in [0.1, 0.15) is 6.61 Å². The molecule has 0 aliphatic heterocycles. The number of carboxylic acid groups (broad SMARTS) is 1. The van der Waals surface area contributed by atoms with Gasteiger partial charge < -0.3 is 20.5 Å². The molecule has 6 heteroatoms. The third kappa shape index (κ3) is 7.38. The largest absolute Gasteiger partial charge is 0.480 e. The van der Waals surface area contributed by atoms with E-state index in [2.05, 4.69) is 16.7 Å². The molecule has 6 nitrogen and oxygen atoms in total. The number of carboxylic acids is 1. The van der Waals surface area contributed by atoms with Crippen molar-refractivity contribution in [3.05, 3.63) is 35.4 Å². The first-order valence-corrected chi connectivity index (χ1v) is 6.44. The lowest BCUT2D eigenvalue weighted by Crippen LogP contribution is -2.38. The summed E-state index contributed by atoms with van der Waals surface area (Å²) in [4.78, 5) is 21.6. The van der Waals surface area contributed by atoms with E-state index in [0.29, 0.717) is 6.54 Å². The molecular weight excluding hydrogens is 260 g/mol. The van der Waals surface area contributed by atoms with E-state index in [1.54, 1.807) is 0 Å². The van der Waals surface area contributed by atoms with E-state index in [-0.39, 0.29) is 25.8 Å². The molecule has 1 rings (SSSR count). The molecule has 0 atom stereocenters. The summed E-state index contributed by atoms with van der Waals surface area (Å²) in [7, 11) is 0. The average Bonchev–Trinajstić information content (AvgIpc) is 2.38. The zero-order valence-electron chi connectivity index (χ0n) is 11.5. The fraction of sp³-hybridized carbons (Fsp3) is 0.429. The predicted molar refractivity (Wildman–Crippen MR) is 74.7 cm³/mol. The Labute approximate surface area is 118 Å². The molecule has 1 aromatic carbocycles. The summed E-state index contributed by atoms with van der Waals surface area (Å²) in [5.74, 6) is -1.02. The lowest BCUT2D eigenvalue weighted by molar-refractivity contribution is -0.142. The third-order valence-electron chi connectivity index (χ3n) is 2.54. The summed E-state index contributed by atoms with van der Waals surface area (Å²) in [5, 5.41) is 13.7. The number of ether oxygens (including phenoxy) is 1. The quantitative estimate of drug-likeness (QED) is 0.618. The molecule has 0 aliphatic carbocycles. The first-order chi connectivity index (χ1) is 9.58. The molecule has 0 unspecified atom stereocenters. The Balaban J connectivity index is 2.07. The lowest BCUT2D eigenvalue weighted by atomic mass is 10.1. The van der Waals surface area contributed by atoms with Crippen molar-refractivity contribution in [2.75, 3.05) is 26.3 Å². The Morgan fingerprint density at radius 1 is 1.25 bits per heavy atom. The topological polar surface area (TPSA) is 87.7 Å². The van der Waals surface area contributed by atoms with Gasteiger partial charge in [0.05, 0.1) is 6.61 Å². The number of hydrogen-bond donors (Lipinski definition) is 3. The zero-order valence-corrected chi connectivity index (χ0v) is 11.5. The van der Waals surface area contributed by atoms with E-state index in [1.807, 2.05) is 25.1 Å². The van der Waals surface area contributed by atoms with Crippen molar-refractivity contribution in [2.24, 2.45) is 0 Å². The maximum atomic E-state index is 11.4. The second kappa shape index (κ2) is 8.92. The van der Waals surface area contributed by atoms with Crippen LogP contribution in [-0.4, -0.2) is 43.4 Å². The Hall–Kier alpha value is -2.08. The van der Waals surface area contributed by atoms with Gasteiger partial charge in [0.15, 0.2) is 0 Å². The molecule has 20 heavy (non-hydrogen) atoms. The summed E-state index contributed by atoms with van der Waals surface area (Å²) in [6.07, 6.45) is 0.768. The Morgan fingerprint density at radius 2 is 2.00 bits per heavy atom. The van der Waals surface area contributed by atoms with E-state index in [4.69, 9.17) is 9.84 Å². The number of benzene rings is 1. The van der Waals surface area contributed by atoms with Gasteiger partial charge >= 0.3 is 12.0 Å².